The minimum atomic E-state index is -0.290. The van der Waals surface area contributed by atoms with Crippen LogP contribution in [0.2, 0.25) is 0 Å². The van der Waals surface area contributed by atoms with Gasteiger partial charge in [-0.15, -0.1) is 0 Å². The number of hydrogen-bond donors (Lipinski definition) is 0. The van der Waals surface area contributed by atoms with Gasteiger partial charge in [-0.25, -0.2) is 4.39 Å². The summed E-state index contributed by atoms with van der Waals surface area (Å²) in [7, 11) is 0. The zero-order valence-corrected chi connectivity index (χ0v) is 11.8. The smallest absolute Gasteiger partial charge is 0.153 e. The van der Waals surface area contributed by atoms with Crippen LogP contribution in [-0.4, -0.2) is 12.9 Å². The van der Waals surface area contributed by atoms with E-state index < -0.39 is 0 Å². The molecule has 0 aliphatic rings. The van der Waals surface area contributed by atoms with Crippen LogP contribution < -0.4 is 9.47 Å². The monoisotopic (exact) mass is 288 g/mol. The number of halogens is 1. The average Bonchev–Trinajstić information content (AvgIpc) is 2.52. The summed E-state index contributed by atoms with van der Waals surface area (Å²) in [4.78, 5) is 11.0. The molecule has 0 saturated carbocycles. The Hall–Kier alpha value is -2.36. The number of benzene rings is 2. The van der Waals surface area contributed by atoms with E-state index in [-0.39, 0.29) is 12.4 Å². The largest absolute Gasteiger partial charge is 0.493 e. The number of hydrogen-bond acceptors (Lipinski definition) is 3. The van der Waals surface area contributed by atoms with Gasteiger partial charge in [0, 0.05) is 6.07 Å². The molecular formula is C17H17FO3. The first kappa shape index (κ1) is 15.0. The van der Waals surface area contributed by atoms with Crippen molar-refractivity contribution in [3.63, 3.8) is 0 Å². The third-order valence-electron chi connectivity index (χ3n) is 2.89. The Labute approximate surface area is 123 Å². The first-order valence-electron chi connectivity index (χ1n) is 6.82. The third-order valence-corrected chi connectivity index (χ3v) is 2.89. The predicted molar refractivity (Wildman–Crippen MR) is 78.3 cm³/mol. The molecule has 0 atom stereocenters. The molecule has 21 heavy (non-hydrogen) atoms. The topological polar surface area (TPSA) is 35.5 Å². The van der Waals surface area contributed by atoms with Crippen molar-refractivity contribution in [3.05, 3.63) is 59.4 Å². The van der Waals surface area contributed by atoms with Gasteiger partial charge in [0.05, 0.1) is 12.2 Å². The normalized spacial score (nSPS) is 10.2. The van der Waals surface area contributed by atoms with Crippen LogP contribution >= 0.6 is 0 Å². The van der Waals surface area contributed by atoms with E-state index in [0.29, 0.717) is 23.7 Å². The summed E-state index contributed by atoms with van der Waals surface area (Å²) < 4.78 is 24.0. The molecule has 0 unspecified atom stereocenters. The van der Waals surface area contributed by atoms with Gasteiger partial charge in [0.2, 0.25) is 0 Å². The first-order chi connectivity index (χ1) is 10.2. The Balaban J connectivity index is 2.09. The van der Waals surface area contributed by atoms with E-state index in [2.05, 4.69) is 0 Å². The molecule has 0 aromatic heterocycles. The van der Waals surface area contributed by atoms with Gasteiger partial charge >= 0.3 is 0 Å². The minimum absolute atomic E-state index is 0.262. The number of rotatable bonds is 7. The van der Waals surface area contributed by atoms with Crippen LogP contribution in [0.5, 0.6) is 11.5 Å². The molecular weight excluding hydrogens is 271 g/mol. The van der Waals surface area contributed by atoms with Gasteiger partial charge in [0.15, 0.2) is 6.29 Å². The van der Waals surface area contributed by atoms with Crippen molar-refractivity contribution in [2.45, 2.75) is 20.0 Å². The maximum absolute atomic E-state index is 12.8. The van der Waals surface area contributed by atoms with Crippen LogP contribution in [0.4, 0.5) is 4.39 Å². The number of carbonyl (C=O) groups is 1. The highest BCUT2D eigenvalue weighted by molar-refractivity contribution is 5.79. The molecule has 2 rings (SSSR count). The van der Waals surface area contributed by atoms with E-state index >= 15 is 0 Å². The second-order valence-electron chi connectivity index (χ2n) is 4.58. The van der Waals surface area contributed by atoms with Gasteiger partial charge in [-0.1, -0.05) is 19.1 Å². The van der Waals surface area contributed by atoms with Crippen LogP contribution in [0.3, 0.4) is 0 Å². The fourth-order valence-corrected chi connectivity index (χ4v) is 1.79. The van der Waals surface area contributed by atoms with Crippen LogP contribution in [-0.2, 0) is 6.61 Å². The molecule has 0 spiro atoms. The summed E-state index contributed by atoms with van der Waals surface area (Å²) in [5.74, 6) is 0.835. The molecule has 0 aliphatic carbocycles. The van der Waals surface area contributed by atoms with E-state index in [9.17, 15) is 9.18 Å². The summed E-state index contributed by atoms with van der Waals surface area (Å²) in [6.45, 7) is 2.89. The van der Waals surface area contributed by atoms with Crippen LogP contribution in [0.1, 0.15) is 29.3 Å². The maximum atomic E-state index is 12.8. The minimum Gasteiger partial charge on any atom is -0.493 e. The summed E-state index contributed by atoms with van der Waals surface area (Å²) in [6.07, 6.45) is 1.64. The highest BCUT2D eigenvalue weighted by Gasteiger charge is 2.06. The van der Waals surface area contributed by atoms with Gasteiger partial charge in [-0.3, -0.25) is 4.79 Å². The zero-order chi connectivity index (χ0) is 15.1. The fourth-order valence-electron chi connectivity index (χ4n) is 1.79. The lowest BCUT2D eigenvalue weighted by molar-refractivity contribution is 0.111. The molecule has 0 amide bonds. The molecule has 0 bridgehead atoms. The highest BCUT2D eigenvalue weighted by atomic mass is 19.1. The summed E-state index contributed by atoms with van der Waals surface area (Å²) >= 11 is 0. The maximum Gasteiger partial charge on any atom is 0.153 e. The third kappa shape index (κ3) is 4.31. The first-order valence-corrected chi connectivity index (χ1v) is 6.82. The molecule has 2 aromatic rings. The van der Waals surface area contributed by atoms with E-state index in [0.717, 1.165) is 18.3 Å². The lowest BCUT2D eigenvalue weighted by Gasteiger charge is -2.11. The van der Waals surface area contributed by atoms with Crippen molar-refractivity contribution < 1.29 is 18.7 Å². The molecule has 0 saturated heterocycles. The quantitative estimate of drug-likeness (QED) is 0.722. The standard InChI is InChI=1S/C17H17FO3/c1-2-9-20-16-8-5-14(11-19)17(10-16)21-12-13-3-6-15(18)7-4-13/h3-8,10-11H,2,9,12H2,1H3. The molecule has 0 heterocycles. The van der Waals surface area contributed by atoms with Crippen LogP contribution in [0.25, 0.3) is 0 Å². The average molecular weight is 288 g/mol. The Morgan fingerprint density at radius 1 is 1.10 bits per heavy atom. The van der Waals surface area contributed by atoms with Crippen molar-refractivity contribution in [1.29, 1.82) is 0 Å². The SMILES string of the molecule is CCCOc1ccc(C=O)c(OCc2ccc(F)cc2)c1. The predicted octanol–water partition coefficient (Wildman–Crippen LogP) is 4.01. The molecule has 0 radical (unpaired) electrons. The second kappa shape index (κ2) is 7.43. The molecule has 0 aliphatic heterocycles. The molecule has 4 heteroatoms. The van der Waals surface area contributed by atoms with Crippen molar-refractivity contribution in [3.8, 4) is 11.5 Å². The van der Waals surface area contributed by atoms with Crippen molar-refractivity contribution in [2.24, 2.45) is 0 Å². The van der Waals surface area contributed by atoms with E-state index in [1.165, 1.54) is 12.1 Å². The highest BCUT2D eigenvalue weighted by Crippen LogP contribution is 2.25. The van der Waals surface area contributed by atoms with Crippen molar-refractivity contribution in [2.75, 3.05) is 6.61 Å². The number of ether oxygens (including phenoxy) is 2. The Morgan fingerprint density at radius 2 is 1.86 bits per heavy atom. The Morgan fingerprint density at radius 3 is 2.52 bits per heavy atom. The molecule has 110 valence electrons. The summed E-state index contributed by atoms with van der Waals surface area (Å²) in [5, 5.41) is 0. The zero-order valence-electron chi connectivity index (χ0n) is 11.8. The number of aldehydes is 1. The lowest BCUT2D eigenvalue weighted by atomic mass is 10.2. The van der Waals surface area contributed by atoms with Gasteiger partial charge in [-0.2, -0.15) is 0 Å². The molecule has 2 aromatic carbocycles. The van der Waals surface area contributed by atoms with E-state index in [1.807, 2.05) is 6.92 Å². The fraction of sp³-hybridized carbons (Fsp3) is 0.235. The van der Waals surface area contributed by atoms with Crippen molar-refractivity contribution >= 4 is 6.29 Å². The van der Waals surface area contributed by atoms with Crippen LogP contribution in [0, 0.1) is 5.82 Å². The van der Waals surface area contributed by atoms with Crippen LogP contribution in [0.15, 0.2) is 42.5 Å². The van der Waals surface area contributed by atoms with Gasteiger partial charge in [0.1, 0.15) is 23.9 Å². The summed E-state index contributed by atoms with van der Waals surface area (Å²) in [6, 6.07) is 11.1. The van der Waals surface area contributed by atoms with Gasteiger partial charge in [-0.05, 0) is 36.2 Å². The van der Waals surface area contributed by atoms with Gasteiger partial charge < -0.3 is 9.47 Å². The second-order valence-corrected chi connectivity index (χ2v) is 4.58. The molecule has 0 fully saturated rings. The number of carbonyl (C=O) groups excluding carboxylic acids is 1. The summed E-state index contributed by atoms with van der Waals surface area (Å²) in [5.41, 5.74) is 1.29. The van der Waals surface area contributed by atoms with Crippen molar-refractivity contribution in [1.82, 2.24) is 0 Å². The molecule has 0 N–H and O–H groups in total. The van der Waals surface area contributed by atoms with E-state index in [1.54, 1.807) is 30.3 Å². The lowest BCUT2D eigenvalue weighted by Crippen LogP contribution is -2.00. The Kier molecular flexibility index (Phi) is 5.32. The van der Waals surface area contributed by atoms with Gasteiger partial charge in [0.25, 0.3) is 0 Å². The Bertz CT molecular complexity index is 593. The molecule has 3 nitrogen and oxygen atoms in total. The van der Waals surface area contributed by atoms with E-state index in [4.69, 9.17) is 9.47 Å².